The van der Waals surface area contributed by atoms with Crippen molar-refractivity contribution in [2.45, 2.75) is 6.92 Å². The van der Waals surface area contributed by atoms with Crippen LogP contribution in [-0.2, 0) is 4.79 Å². The Bertz CT molecular complexity index is 400. The van der Waals surface area contributed by atoms with Crippen LogP contribution in [0.15, 0.2) is 24.3 Å². The van der Waals surface area contributed by atoms with Crippen LogP contribution in [0, 0.1) is 0 Å². The van der Waals surface area contributed by atoms with Crippen molar-refractivity contribution >= 4 is 47.2 Å². The van der Waals surface area contributed by atoms with E-state index in [9.17, 15) is 4.79 Å². The second-order valence-electron chi connectivity index (χ2n) is 2.79. The quantitative estimate of drug-likeness (QED) is 0.825. The first-order chi connectivity index (χ1) is 6.50. The molecule has 0 radical (unpaired) electrons. The molecule has 0 saturated carbocycles. The molecule has 0 bridgehead atoms. The molecule has 2 nitrogen and oxygen atoms in total. The van der Waals surface area contributed by atoms with Crippen LogP contribution in [0.2, 0.25) is 10.0 Å². The summed E-state index contributed by atoms with van der Waals surface area (Å²) in [5, 5.41) is 9.41. The number of carbonyl (C=O) groups is 1. The minimum Gasteiger partial charge on any atom is -0.478 e. The summed E-state index contributed by atoms with van der Waals surface area (Å²) in [7, 11) is 0. The molecule has 1 rings (SSSR count). The monoisotopic (exact) mass is 266 g/mol. The SMILES string of the molecule is CC(=CC(=O)O)c1ccc(Cl)c(Cl)c1.Cl. The average molecular weight is 268 g/mol. The second kappa shape index (κ2) is 6.01. The zero-order valence-corrected chi connectivity index (χ0v) is 10.2. The normalized spacial score (nSPS) is 10.7. The number of rotatable bonds is 2. The third-order valence-corrected chi connectivity index (χ3v) is 2.45. The van der Waals surface area contributed by atoms with Crippen molar-refractivity contribution in [1.82, 2.24) is 0 Å². The number of carboxylic acids is 1. The van der Waals surface area contributed by atoms with Gasteiger partial charge in [-0.25, -0.2) is 4.79 Å². The van der Waals surface area contributed by atoms with Gasteiger partial charge in [-0.2, -0.15) is 0 Å². The maximum Gasteiger partial charge on any atom is 0.328 e. The predicted molar refractivity (Wildman–Crippen MR) is 65.0 cm³/mol. The van der Waals surface area contributed by atoms with Crippen LogP contribution in [0.25, 0.3) is 5.57 Å². The minimum absolute atomic E-state index is 0. The molecule has 0 fully saturated rings. The van der Waals surface area contributed by atoms with Crippen LogP contribution in [0.5, 0.6) is 0 Å². The van der Waals surface area contributed by atoms with Crippen molar-refractivity contribution in [3.05, 3.63) is 39.9 Å². The number of hydrogen-bond acceptors (Lipinski definition) is 1. The molecule has 0 saturated heterocycles. The standard InChI is InChI=1S/C10H8Cl2O2.ClH/c1-6(4-10(13)14)7-2-3-8(11)9(12)5-7;/h2-5H,1H3,(H,13,14);1H. The fourth-order valence-corrected chi connectivity index (χ4v) is 1.31. The van der Waals surface area contributed by atoms with Crippen LogP contribution in [-0.4, -0.2) is 11.1 Å². The molecule has 0 aliphatic heterocycles. The molecular weight excluding hydrogens is 258 g/mol. The van der Waals surface area contributed by atoms with Gasteiger partial charge in [0.05, 0.1) is 10.0 Å². The first kappa shape index (κ1) is 14.3. The summed E-state index contributed by atoms with van der Waals surface area (Å²) >= 11 is 11.5. The van der Waals surface area contributed by atoms with Crippen LogP contribution >= 0.6 is 35.6 Å². The highest BCUT2D eigenvalue weighted by atomic mass is 35.5. The fraction of sp³-hybridized carbons (Fsp3) is 0.100. The average Bonchev–Trinajstić information content (AvgIpc) is 2.08. The third kappa shape index (κ3) is 4.12. The summed E-state index contributed by atoms with van der Waals surface area (Å²) in [4.78, 5) is 10.4. The zero-order chi connectivity index (χ0) is 10.7. The Kier molecular flexibility index (Phi) is 5.73. The summed E-state index contributed by atoms with van der Waals surface area (Å²) in [6.45, 7) is 1.70. The number of hydrogen-bond donors (Lipinski definition) is 1. The van der Waals surface area contributed by atoms with Crippen LogP contribution < -0.4 is 0 Å². The molecule has 82 valence electrons. The molecule has 15 heavy (non-hydrogen) atoms. The summed E-state index contributed by atoms with van der Waals surface area (Å²) in [5.74, 6) is -0.978. The number of aliphatic carboxylic acids is 1. The molecule has 5 heteroatoms. The smallest absolute Gasteiger partial charge is 0.328 e. The molecule has 0 aromatic heterocycles. The first-order valence-corrected chi connectivity index (χ1v) is 4.63. The molecule has 1 aromatic rings. The zero-order valence-electron chi connectivity index (χ0n) is 7.83. The highest BCUT2D eigenvalue weighted by Gasteiger charge is 2.02. The van der Waals surface area contributed by atoms with E-state index < -0.39 is 5.97 Å². The third-order valence-electron chi connectivity index (χ3n) is 1.71. The topological polar surface area (TPSA) is 37.3 Å². The molecule has 0 aliphatic rings. The van der Waals surface area contributed by atoms with Crippen molar-refractivity contribution in [2.75, 3.05) is 0 Å². The van der Waals surface area contributed by atoms with Crippen molar-refractivity contribution in [3.63, 3.8) is 0 Å². The second-order valence-corrected chi connectivity index (χ2v) is 3.61. The number of carboxylic acid groups (broad SMARTS) is 1. The van der Waals surface area contributed by atoms with Gasteiger partial charge in [0.1, 0.15) is 0 Å². The van der Waals surface area contributed by atoms with Crippen molar-refractivity contribution in [3.8, 4) is 0 Å². The van der Waals surface area contributed by atoms with Crippen LogP contribution in [0.3, 0.4) is 0 Å². The fourth-order valence-electron chi connectivity index (χ4n) is 1.01. The van der Waals surface area contributed by atoms with Gasteiger partial charge in [-0.05, 0) is 30.2 Å². The van der Waals surface area contributed by atoms with Gasteiger partial charge in [0, 0.05) is 6.08 Å². The van der Waals surface area contributed by atoms with Gasteiger partial charge >= 0.3 is 5.97 Å². The molecule has 1 aromatic carbocycles. The lowest BCUT2D eigenvalue weighted by Gasteiger charge is -2.02. The van der Waals surface area contributed by atoms with Crippen molar-refractivity contribution < 1.29 is 9.90 Å². The number of allylic oxidation sites excluding steroid dienone is 1. The molecule has 0 spiro atoms. The lowest BCUT2D eigenvalue weighted by molar-refractivity contribution is -0.131. The molecule has 0 unspecified atom stereocenters. The summed E-state index contributed by atoms with van der Waals surface area (Å²) in [6.07, 6.45) is 1.12. The predicted octanol–water partition coefficient (Wildman–Crippen LogP) is 3.90. The van der Waals surface area contributed by atoms with Crippen LogP contribution in [0.4, 0.5) is 0 Å². The van der Waals surface area contributed by atoms with Crippen molar-refractivity contribution in [2.24, 2.45) is 0 Å². The highest BCUT2D eigenvalue weighted by molar-refractivity contribution is 6.42. The molecule has 0 aliphatic carbocycles. The Morgan fingerprint density at radius 1 is 1.33 bits per heavy atom. The molecule has 0 atom stereocenters. The van der Waals surface area contributed by atoms with Crippen LogP contribution in [0.1, 0.15) is 12.5 Å². The summed E-state index contributed by atoms with van der Waals surface area (Å²) < 4.78 is 0. The Hall–Kier alpha value is -0.700. The molecule has 0 amide bonds. The van der Waals surface area contributed by atoms with E-state index in [0.717, 1.165) is 11.6 Å². The van der Waals surface area contributed by atoms with Gasteiger partial charge < -0.3 is 5.11 Å². The molecular formula is C10H9Cl3O2. The van der Waals surface area contributed by atoms with E-state index in [-0.39, 0.29) is 12.4 Å². The first-order valence-electron chi connectivity index (χ1n) is 3.87. The Labute approximate surface area is 104 Å². The summed E-state index contributed by atoms with van der Waals surface area (Å²) in [5.41, 5.74) is 1.39. The van der Waals surface area contributed by atoms with E-state index in [1.807, 2.05) is 0 Å². The van der Waals surface area contributed by atoms with E-state index in [1.54, 1.807) is 25.1 Å². The van der Waals surface area contributed by atoms with Gasteiger partial charge in [-0.3, -0.25) is 0 Å². The maximum absolute atomic E-state index is 10.4. The van der Waals surface area contributed by atoms with E-state index in [1.165, 1.54) is 0 Å². The minimum atomic E-state index is -0.978. The van der Waals surface area contributed by atoms with E-state index in [2.05, 4.69) is 0 Å². The van der Waals surface area contributed by atoms with Crippen molar-refractivity contribution in [1.29, 1.82) is 0 Å². The maximum atomic E-state index is 10.4. The van der Waals surface area contributed by atoms with E-state index in [4.69, 9.17) is 28.3 Å². The van der Waals surface area contributed by atoms with Gasteiger partial charge in [0.2, 0.25) is 0 Å². The van der Waals surface area contributed by atoms with Gasteiger partial charge in [0.25, 0.3) is 0 Å². The molecule has 0 heterocycles. The number of benzene rings is 1. The largest absolute Gasteiger partial charge is 0.478 e. The number of halogens is 3. The van der Waals surface area contributed by atoms with E-state index >= 15 is 0 Å². The van der Waals surface area contributed by atoms with E-state index in [0.29, 0.717) is 15.6 Å². The Balaban J connectivity index is 0.00000196. The Morgan fingerprint density at radius 2 is 1.93 bits per heavy atom. The van der Waals surface area contributed by atoms with Gasteiger partial charge in [-0.1, -0.05) is 29.3 Å². The lowest BCUT2D eigenvalue weighted by Crippen LogP contribution is -1.90. The highest BCUT2D eigenvalue weighted by Crippen LogP contribution is 2.25. The lowest BCUT2D eigenvalue weighted by atomic mass is 10.1. The summed E-state index contributed by atoms with van der Waals surface area (Å²) in [6, 6.07) is 5.00. The van der Waals surface area contributed by atoms with Gasteiger partial charge in [0.15, 0.2) is 0 Å². The van der Waals surface area contributed by atoms with Gasteiger partial charge in [-0.15, -0.1) is 12.4 Å². The molecule has 1 N–H and O–H groups in total. The Morgan fingerprint density at radius 3 is 2.40 bits per heavy atom.